The first-order valence-corrected chi connectivity index (χ1v) is 35.0. The maximum Gasteiger partial charge on any atom is 0.472 e. The summed E-state index contributed by atoms with van der Waals surface area (Å²) in [7, 11) is 1.49. The summed E-state index contributed by atoms with van der Waals surface area (Å²) in [6.07, 6.45) is 72.7. The number of carbonyl (C=O) groups excluding carboxylic acids is 2. The zero-order valence-corrected chi connectivity index (χ0v) is 53.3. The van der Waals surface area contributed by atoms with Crippen LogP contribution in [0.15, 0.2) is 48.6 Å². The highest BCUT2D eigenvalue weighted by Crippen LogP contribution is 2.43. The van der Waals surface area contributed by atoms with Gasteiger partial charge in [-0.3, -0.25) is 18.6 Å². The van der Waals surface area contributed by atoms with E-state index in [9.17, 15) is 19.0 Å². The van der Waals surface area contributed by atoms with E-state index in [1.54, 1.807) is 0 Å². The molecule has 0 heterocycles. The fraction of sp³-hybridized carbons (Fsp3) is 0.853. The Hall–Kier alpha value is -2.03. The van der Waals surface area contributed by atoms with Gasteiger partial charge in [0.1, 0.15) is 19.3 Å². The van der Waals surface area contributed by atoms with E-state index in [2.05, 4.69) is 62.5 Å². The Labute approximate surface area is 484 Å². The molecule has 0 aromatic heterocycles. The second kappa shape index (κ2) is 58.2. The lowest BCUT2D eigenvalue weighted by Crippen LogP contribution is -2.47. The lowest BCUT2D eigenvalue weighted by molar-refractivity contribution is -0.870. The standard InChI is InChI=1S/C68H129N2O7P/c1-7-10-13-16-19-22-25-28-30-31-32-33-34-35-36-37-38-39-40-42-45-48-51-54-57-60-67(71)69-65(64-76-78(73,74)75-63-62-70(4,5)6)66(59-56-53-50-47-44-41-27-24-21-18-15-12-9-3)77-68(72)61-58-55-52-49-46-43-29-26-23-20-17-14-11-8-2/h11,14,20,23,29,43,56,59,65-66H,7-10,12-13,15-19,21-22,24-28,30-42,44-55,57-58,60-64H2,1-6H3,(H-,69,71,73,74)/p+1/b14-11+,23-20+,43-29+,59-56-. The van der Waals surface area contributed by atoms with E-state index in [1.807, 2.05) is 33.3 Å². The van der Waals surface area contributed by atoms with Gasteiger partial charge in [-0.2, -0.15) is 0 Å². The van der Waals surface area contributed by atoms with Crippen LogP contribution in [0.25, 0.3) is 0 Å². The Balaban J connectivity index is 5.08. The van der Waals surface area contributed by atoms with Gasteiger partial charge in [-0.1, -0.05) is 294 Å². The summed E-state index contributed by atoms with van der Waals surface area (Å²) >= 11 is 0. The molecule has 0 spiro atoms. The van der Waals surface area contributed by atoms with Crippen LogP contribution in [-0.4, -0.2) is 74.3 Å². The van der Waals surface area contributed by atoms with Crippen LogP contribution < -0.4 is 5.32 Å². The number of hydrogen-bond acceptors (Lipinski definition) is 6. The van der Waals surface area contributed by atoms with E-state index in [4.69, 9.17) is 13.8 Å². The van der Waals surface area contributed by atoms with Gasteiger partial charge in [-0.25, -0.2) is 4.57 Å². The largest absolute Gasteiger partial charge is 0.472 e. The molecular formula is C68H130N2O7P+. The second-order valence-corrected chi connectivity index (χ2v) is 25.4. The minimum absolute atomic E-state index is 0.0377. The minimum Gasteiger partial charge on any atom is -0.456 e. The molecule has 0 fully saturated rings. The highest BCUT2D eigenvalue weighted by molar-refractivity contribution is 7.47. The van der Waals surface area contributed by atoms with Gasteiger partial charge < -0.3 is 19.4 Å². The molecule has 10 heteroatoms. The average Bonchev–Trinajstić information content (AvgIpc) is 3.40. The highest BCUT2D eigenvalue weighted by atomic mass is 31.2. The maximum atomic E-state index is 13.6. The molecular weight excluding hydrogens is 988 g/mol. The summed E-state index contributed by atoms with van der Waals surface area (Å²) in [5.74, 6) is -0.518. The number of nitrogens with one attached hydrogen (secondary N) is 1. The van der Waals surface area contributed by atoms with Crippen molar-refractivity contribution in [1.29, 1.82) is 0 Å². The number of phosphoric acid groups is 1. The van der Waals surface area contributed by atoms with Crippen LogP contribution in [0.3, 0.4) is 0 Å². The van der Waals surface area contributed by atoms with Gasteiger partial charge >= 0.3 is 13.8 Å². The smallest absolute Gasteiger partial charge is 0.456 e. The van der Waals surface area contributed by atoms with E-state index in [1.165, 1.54) is 199 Å². The molecule has 2 N–H and O–H groups in total. The molecule has 3 atom stereocenters. The number of amides is 1. The molecule has 78 heavy (non-hydrogen) atoms. The van der Waals surface area contributed by atoms with Crippen molar-refractivity contribution in [3.05, 3.63) is 48.6 Å². The van der Waals surface area contributed by atoms with Crippen LogP contribution >= 0.6 is 7.82 Å². The van der Waals surface area contributed by atoms with Crippen molar-refractivity contribution >= 4 is 19.7 Å². The number of carbonyl (C=O) groups is 2. The van der Waals surface area contributed by atoms with Crippen molar-refractivity contribution in [3.63, 3.8) is 0 Å². The third kappa shape index (κ3) is 58.6. The Morgan fingerprint density at radius 2 is 0.821 bits per heavy atom. The number of nitrogens with zero attached hydrogens (tertiary/aromatic N) is 1. The Bertz CT molecular complexity index is 1470. The molecule has 0 aliphatic carbocycles. The molecule has 3 unspecified atom stereocenters. The van der Waals surface area contributed by atoms with Crippen molar-refractivity contribution in [2.75, 3.05) is 40.9 Å². The van der Waals surface area contributed by atoms with Crippen LogP contribution in [0.2, 0.25) is 0 Å². The van der Waals surface area contributed by atoms with Crippen molar-refractivity contribution in [2.24, 2.45) is 0 Å². The molecule has 0 bridgehead atoms. The van der Waals surface area contributed by atoms with Crippen LogP contribution in [0, 0.1) is 0 Å². The number of allylic oxidation sites excluding steroid dienone is 7. The monoisotopic (exact) mass is 1120 g/mol. The van der Waals surface area contributed by atoms with Crippen LogP contribution in [-0.2, 0) is 27.9 Å². The number of ether oxygens (including phenoxy) is 1. The normalized spacial score (nSPS) is 13.9. The first kappa shape index (κ1) is 76.0. The van der Waals surface area contributed by atoms with Gasteiger partial charge in [-0.05, 0) is 63.9 Å². The van der Waals surface area contributed by atoms with E-state index in [0.29, 0.717) is 23.9 Å². The van der Waals surface area contributed by atoms with Gasteiger partial charge in [0.05, 0.1) is 33.8 Å². The fourth-order valence-electron chi connectivity index (χ4n) is 9.90. The van der Waals surface area contributed by atoms with Gasteiger partial charge in [0.25, 0.3) is 0 Å². The van der Waals surface area contributed by atoms with Crippen LogP contribution in [0.5, 0.6) is 0 Å². The van der Waals surface area contributed by atoms with E-state index < -0.39 is 20.0 Å². The van der Waals surface area contributed by atoms with Gasteiger partial charge in [0.2, 0.25) is 5.91 Å². The van der Waals surface area contributed by atoms with Crippen molar-refractivity contribution in [3.8, 4) is 0 Å². The quantitative estimate of drug-likeness (QED) is 0.0205. The molecule has 0 radical (unpaired) electrons. The Kier molecular flexibility index (Phi) is 56.7. The van der Waals surface area contributed by atoms with Crippen molar-refractivity contribution < 1.29 is 37.3 Å². The van der Waals surface area contributed by atoms with Crippen molar-refractivity contribution in [1.82, 2.24) is 5.32 Å². The average molecular weight is 1120 g/mol. The lowest BCUT2D eigenvalue weighted by atomic mass is 10.0. The molecule has 0 saturated carbocycles. The van der Waals surface area contributed by atoms with E-state index >= 15 is 0 Å². The van der Waals surface area contributed by atoms with Crippen LogP contribution in [0.1, 0.15) is 323 Å². The first-order valence-electron chi connectivity index (χ1n) is 33.5. The summed E-state index contributed by atoms with van der Waals surface area (Å²) in [5.41, 5.74) is 0. The molecule has 0 rings (SSSR count). The number of phosphoric ester groups is 1. The molecule has 0 saturated heterocycles. The number of hydrogen-bond donors (Lipinski definition) is 2. The molecule has 0 aromatic carbocycles. The van der Waals surface area contributed by atoms with Gasteiger partial charge in [0.15, 0.2) is 0 Å². The predicted octanol–water partition coefficient (Wildman–Crippen LogP) is 20.8. The number of rotatable bonds is 61. The summed E-state index contributed by atoms with van der Waals surface area (Å²) in [5, 5.41) is 3.06. The highest BCUT2D eigenvalue weighted by Gasteiger charge is 2.30. The fourth-order valence-corrected chi connectivity index (χ4v) is 10.6. The third-order valence-electron chi connectivity index (χ3n) is 15.0. The lowest BCUT2D eigenvalue weighted by Gasteiger charge is -2.27. The topological polar surface area (TPSA) is 111 Å². The van der Waals surface area contributed by atoms with Gasteiger partial charge in [-0.15, -0.1) is 0 Å². The number of quaternary nitrogens is 1. The Morgan fingerprint density at radius 3 is 1.23 bits per heavy atom. The molecule has 0 aliphatic rings. The van der Waals surface area contributed by atoms with Crippen LogP contribution in [0.4, 0.5) is 0 Å². The zero-order valence-electron chi connectivity index (χ0n) is 52.4. The molecule has 9 nitrogen and oxygen atoms in total. The number of esters is 1. The summed E-state index contributed by atoms with van der Waals surface area (Å²) < 4.78 is 30.7. The number of likely N-dealkylation sites (N-methyl/N-ethyl adjacent to an activating group) is 1. The molecule has 458 valence electrons. The van der Waals surface area contributed by atoms with E-state index in [-0.39, 0.29) is 31.5 Å². The first-order chi connectivity index (χ1) is 37.9. The summed E-state index contributed by atoms with van der Waals surface area (Å²) in [4.78, 5) is 37.8. The van der Waals surface area contributed by atoms with E-state index in [0.717, 1.165) is 83.5 Å². The molecule has 0 aliphatic heterocycles. The predicted molar refractivity (Wildman–Crippen MR) is 337 cm³/mol. The zero-order chi connectivity index (χ0) is 57.2. The third-order valence-corrected chi connectivity index (χ3v) is 16.0. The minimum atomic E-state index is -4.45. The van der Waals surface area contributed by atoms with Gasteiger partial charge in [0, 0.05) is 12.8 Å². The molecule has 1 amide bonds. The summed E-state index contributed by atoms with van der Waals surface area (Å²) in [6.45, 7) is 6.93. The van der Waals surface area contributed by atoms with Crippen molar-refractivity contribution in [2.45, 2.75) is 335 Å². The second-order valence-electron chi connectivity index (χ2n) is 24.0. The molecule has 0 aromatic rings. The maximum absolute atomic E-state index is 13.6. The Morgan fingerprint density at radius 1 is 0.462 bits per heavy atom. The number of unbranched alkanes of at least 4 members (excludes halogenated alkanes) is 39. The summed E-state index contributed by atoms with van der Waals surface area (Å²) in [6, 6.07) is -0.855. The SMILES string of the molecule is CC/C=C/C/C=C/C/C=C/CCCCCCC(=O)OC(/C=C\CCCCCCCCCCCCC)C(COP(=O)(O)OCC[N+](C)(C)C)NC(=O)CCCCCCCCCCCCCCCCCCCCCCCCCCC.